The molecule has 1 heterocycles. The number of nitrogens with two attached hydrogens (primary N) is 1. The van der Waals surface area contributed by atoms with Crippen LogP contribution in [0.1, 0.15) is 5.56 Å². The number of nitrogens with zero attached hydrogens (tertiary/aromatic N) is 1. The first kappa shape index (κ1) is 13.4. The molecule has 0 aliphatic rings. The monoisotopic (exact) mass is 238 g/mol. The number of nitrogens with one attached hydrogen (secondary N) is 2. The first-order valence-electron chi connectivity index (χ1n) is 5.23. The Labute approximate surface area is 101 Å². The minimum absolute atomic E-state index is 0.0237. The van der Waals surface area contributed by atoms with Gasteiger partial charge in [-0.1, -0.05) is 0 Å². The topological polar surface area (TPSA) is 93.2 Å². The van der Waals surface area contributed by atoms with Crippen molar-refractivity contribution in [2.24, 2.45) is 5.73 Å². The summed E-state index contributed by atoms with van der Waals surface area (Å²) < 4.78 is 10.2. The van der Waals surface area contributed by atoms with E-state index in [1.54, 1.807) is 32.5 Å². The van der Waals surface area contributed by atoms with E-state index in [-0.39, 0.29) is 11.9 Å². The van der Waals surface area contributed by atoms with Gasteiger partial charge in [0.05, 0.1) is 12.7 Å². The number of pyridine rings is 1. The number of aromatic nitrogens is 1. The summed E-state index contributed by atoms with van der Waals surface area (Å²) in [7, 11) is 3.26. The molecule has 0 aromatic carbocycles. The van der Waals surface area contributed by atoms with Gasteiger partial charge < -0.3 is 20.5 Å². The molecule has 0 amide bonds. The lowest BCUT2D eigenvalue weighted by Crippen LogP contribution is -2.27. The maximum Gasteiger partial charge on any atom is 0.126 e. The van der Waals surface area contributed by atoms with Gasteiger partial charge in [-0.3, -0.25) is 5.41 Å². The van der Waals surface area contributed by atoms with Gasteiger partial charge in [-0.2, -0.15) is 0 Å². The van der Waals surface area contributed by atoms with Crippen LogP contribution in [0.15, 0.2) is 18.3 Å². The Hall–Kier alpha value is -1.66. The van der Waals surface area contributed by atoms with E-state index in [1.165, 1.54) is 0 Å². The van der Waals surface area contributed by atoms with Crippen LogP contribution in [0.3, 0.4) is 0 Å². The molecule has 0 radical (unpaired) electrons. The van der Waals surface area contributed by atoms with Crippen molar-refractivity contribution in [3.05, 3.63) is 23.9 Å². The van der Waals surface area contributed by atoms with Crippen LogP contribution in [0.4, 0.5) is 5.82 Å². The fourth-order valence-electron chi connectivity index (χ4n) is 1.31. The second-order valence-corrected chi connectivity index (χ2v) is 3.54. The Bertz CT molecular complexity index is 370. The fourth-order valence-corrected chi connectivity index (χ4v) is 1.31. The highest BCUT2D eigenvalue weighted by molar-refractivity contribution is 5.95. The summed E-state index contributed by atoms with van der Waals surface area (Å²) in [6.07, 6.45) is 1.57. The first-order chi connectivity index (χ1) is 8.17. The molecule has 1 unspecified atom stereocenters. The van der Waals surface area contributed by atoms with Crippen LogP contribution >= 0.6 is 0 Å². The minimum Gasteiger partial charge on any atom is -0.384 e. The van der Waals surface area contributed by atoms with E-state index in [2.05, 4.69) is 10.3 Å². The molecule has 0 saturated heterocycles. The Balaban J connectivity index is 2.56. The highest BCUT2D eigenvalue weighted by Crippen LogP contribution is 2.06. The molecule has 6 nitrogen and oxygen atoms in total. The van der Waals surface area contributed by atoms with Gasteiger partial charge in [0.2, 0.25) is 0 Å². The largest absolute Gasteiger partial charge is 0.384 e. The normalized spacial score (nSPS) is 12.1. The lowest BCUT2D eigenvalue weighted by Gasteiger charge is -2.15. The van der Waals surface area contributed by atoms with Gasteiger partial charge in [0.1, 0.15) is 11.7 Å². The summed E-state index contributed by atoms with van der Waals surface area (Å²) in [6, 6.07) is 3.42. The molecule has 0 bridgehead atoms. The van der Waals surface area contributed by atoms with Gasteiger partial charge in [0.25, 0.3) is 0 Å². The number of methoxy groups -OCH3 is 2. The molecule has 0 saturated carbocycles. The Morgan fingerprint density at radius 2 is 2.35 bits per heavy atom. The zero-order valence-corrected chi connectivity index (χ0v) is 10.1. The number of hydrogen-bond donors (Lipinski definition) is 3. The highest BCUT2D eigenvalue weighted by atomic mass is 16.5. The smallest absolute Gasteiger partial charge is 0.126 e. The average Bonchev–Trinajstić information content (AvgIpc) is 2.34. The summed E-state index contributed by atoms with van der Waals surface area (Å²) in [6.45, 7) is 1.09. The summed E-state index contributed by atoms with van der Waals surface area (Å²) in [5.41, 5.74) is 6.04. The highest BCUT2D eigenvalue weighted by Gasteiger charge is 2.07. The van der Waals surface area contributed by atoms with E-state index >= 15 is 0 Å². The van der Waals surface area contributed by atoms with Gasteiger partial charge in [-0.05, 0) is 12.1 Å². The third-order valence-corrected chi connectivity index (χ3v) is 2.27. The third-order valence-electron chi connectivity index (χ3n) is 2.27. The van der Waals surface area contributed by atoms with Crippen molar-refractivity contribution in [1.29, 1.82) is 5.41 Å². The lowest BCUT2D eigenvalue weighted by atomic mass is 10.2. The summed E-state index contributed by atoms with van der Waals surface area (Å²) in [5, 5.41) is 10.4. The molecule has 0 aliphatic heterocycles. The third kappa shape index (κ3) is 4.38. The summed E-state index contributed by atoms with van der Waals surface area (Å²) >= 11 is 0. The maximum absolute atomic E-state index is 7.33. The van der Waals surface area contributed by atoms with E-state index in [0.29, 0.717) is 24.5 Å². The molecule has 0 spiro atoms. The van der Waals surface area contributed by atoms with Crippen molar-refractivity contribution in [3.63, 3.8) is 0 Å². The molecule has 0 fully saturated rings. The van der Waals surface area contributed by atoms with E-state index < -0.39 is 0 Å². The molecular weight excluding hydrogens is 220 g/mol. The van der Waals surface area contributed by atoms with Gasteiger partial charge in [-0.25, -0.2) is 4.98 Å². The van der Waals surface area contributed by atoms with Crippen LogP contribution in [-0.2, 0) is 9.47 Å². The van der Waals surface area contributed by atoms with Gasteiger partial charge >= 0.3 is 0 Å². The van der Waals surface area contributed by atoms with Crippen LogP contribution < -0.4 is 11.1 Å². The summed E-state index contributed by atoms with van der Waals surface area (Å²) in [4.78, 5) is 4.13. The van der Waals surface area contributed by atoms with Crippen LogP contribution in [-0.4, -0.2) is 44.3 Å². The quantitative estimate of drug-likeness (QED) is 0.473. The second-order valence-electron chi connectivity index (χ2n) is 3.54. The van der Waals surface area contributed by atoms with Crippen LogP contribution in [0.5, 0.6) is 0 Å². The zero-order valence-electron chi connectivity index (χ0n) is 10.1. The molecule has 1 aromatic rings. The van der Waals surface area contributed by atoms with Crippen molar-refractivity contribution in [2.75, 3.05) is 32.7 Å². The minimum atomic E-state index is -0.0391. The Morgan fingerprint density at radius 3 is 2.94 bits per heavy atom. The van der Waals surface area contributed by atoms with E-state index in [9.17, 15) is 0 Å². The number of amidine groups is 1. The molecular formula is C11H18N4O2. The van der Waals surface area contributed by atoms with Crippen LogP contribution in [0, 0.1) is 5.41 Å². The SMILES string of the molecule is COCC(CNc1cc(C(=N)N)ccn1)OC. The van der Waals surface area contributed by atoms with Gasteiger partial charge in [0, 0.05) is 32.5 Å². The first-order valence-corrected chi connectivity index (χ1v) is 5.23. The Morgan fingerprint density at radius 1 is 1.59 bits per heavy atom. The number of hydrogen-bond acceptors (Lipinski definition) is 5. The standard InChI is InChI=1S/C11H18N4O2/c1-16-7-9(17-2)6-15-10-5-8(11(12)13)3-4-14-10/h3-5,9H,6-7H2,1-2H3,(H3,12,13)(H,14,15). The lowest BCUT2D eigenvalue weighted by molar-refractivity contribution is 0.0365. The molecule has 0 aliphatic carbocycles. The van der Waals surface area contributed by atoms with Crippen molar-refractivity contribution >= 4 is 11.7 Å². The number of anilines is 1. The molecule has 1 rings (SSSR count). The van der Waals surface area contributed by atoms with Crippen LogP contribution in [0.2, 0.25) is 0 Å². The van der Waals surface area contributed by atoms with E-state index in [0.717, 1.165) is 0 Å². The molecule has 1 atom stereocenters. The number of ether oxygens (including phenoxy) is 2. The molecule has 17 heavy (non-hydrogen) atoms. The maximum atomic E-state index is 7.33. The Kier molecular flexibility index (Phi) is 5.38. The predicted octanol–water partition coefficient (Wildman–Crippen LogP) is 0.439. The number of nitrogen functional groups attached to an aromatic ring is 1. The van der Waals surface area contributed by atoms with Crippen molar-refractivity contribution in [3.8, 4) is 0 Å². The summed E-state index contributed by atoms with van der Waals surface area (Å²) in [5.74, 6) is 0.687. The van der Waals surface area contributed by atoms with Crippen LogP contribution in [0.25, 0.3) is 0 Å². The molecule has 6 heteroatoms. The second kappa shape index (κ2) is 6.82. The van der Waals surface area contributed by atoms with Crippen molar-refractivity contribution in [2.45, 2.75) is 6.10 Å². The van der Waals surface area contributed by atoms with Gasteiger partial charge in [0.15, 0.2) is 0 Å². The molecule has 1 aromatic heterocycles. The van der Waals surface area contributed by atoms with Crippen molar-refractivity contribution in [1.82, 2.24) is 4.98 Å². The average molecular weight is 238 g/mol. The zero-order chi connectivity index (χ0) is 12.7. The molecule has 4 N–H and O–H groups in total. The fraction of sp³-hybridized carbons (Fsp3) is 0.455. The predicted molar refractivity (Wildman–Crippen MR) is 66.4 cm³/mol. The van der Waals surface area contributed by atoms with Crippen molar-refractivity contribution < 1.29 is 9.47 Å². The number of rotatable bonds is 7. The van der Waals surface area contributed by atoms with E-state index in [4.69, 9.17) is 20.6 Å². The van der Waals surface area contributed by atoms with E-state index in [1.807, 2.05) is 0 Å². The molecule has 94 valence electrons. The van der Waals surface area contributed by atoms with Gasteiger partial charge in [-0.15, -0.1) is 0 Å².